The van der Waals surface area contributed by atoms with Gasteiger partial charge >= 0.3 is 13.1 Å². The molecule has 0 aromatic rings. The zero-order chi connectivity index (χ0) is 16.5. The van der Waals surface area contributed by atoms with Gasteiger partial charge in [0, 0.05) is 13.3 Å². The molecule has 0 amide bonds. The van der Waals surface area contributed by atoms with Gasteiger partial charge in [-0.3, -0.25) is 4.79 Å². The molecule has 2 rings (SSSR count). The second-order valence-electron chi connectivity index (χ2n) is 7.29. The van der Waals surface area contributed by atoms with E-state index >= 15 is 0 Å². The van der Waals surface area contributed by atoms with Gasteiger partial charge in [-0.15, -0.1) is 0 Å². The lowest BCUT2D eigenvalue weighted by Crippen LogP contribution is -2.41. The van der Waals surface area contributed by atoms with Crippen molar-refractivity contribution < 1.29 is 18.8 Å². The Balaban J connectivity index is 1.94. The minimum absolute atomic E-state index is 0.167. The van der Waals surface area contributed by atoms with E-state index in [0.717, 1.165) is 24.9 Å². The summed E-state index contributed by atoms with van der Waals surface area (Å²) < 4.78 is 17.3. The molecular weight excluding hydrogens is 279 g/mol. The standard InChI is InChI=1S/C17H27BO4/c1-12(11-18-21-16(3,4)17(5,6)22-18)14-7-9-15(10-8-14)20-13(2)19/h7,9,12H,8,10-11H2,1-6H3. The van der Waals surface area contributed by atoms with E-state index in [1.807, 2.05) is 6.08 Å². The highest BCUT2D eigenvalue weighted by Gasteiger charge is 2.51. The predicted octanol–water partition coefficient (Wildman–Crippen LogP) is 3.88. The zero-order valence-electron chi connectivity index (χ0n) is 14.6. The first-order valence-electron chi connectivity index (χ1n) is 8.04. The molecule has 1 atom stereocenters. The van der Waals surface area contributed by atoms with Crippen molar-refractivity contribution in [2.24, 2.45) is 5.92 Å². The van der Waals surface area contributed by atoms with Gasteiger partial charge in [-0.2, -0.15) is 0 Å². The van der Waals surface area contributed by atoms with Crippen molar-refractivity contribution >= 4 is 13.1 Å². The van der Waals surface area contributed by atoms with Gasteiger partial charge in [-0.05, 0) is 52.4 Å². The molecule has 0 saturated carbocycles. The fourth-order valence-corrected chi connectivity index (χ4v) is 2.82. The highest BCUT2D eigenvalue weighted by atomic mass is 16.7. The SMILES string of the molecule is CC(=O)OC1=CC=C(C(C)CB2OC(C)(C)C(C)(C)O2)CC1. The van der Waals surface area contributed by atoms with E-state index in [2.05, 4.69) is 40.7 Å². The Kier molecular flexibility index (Phi) is 4.88. The number of rotatable bonds is 4. The Morgan fingerprint density at radius 3 is 2.27 bits per heavy atom. The summed E-state index contributed by atoms with van der Waals surface area (Å²) in [6.45, 7) is 11.9. The molecule has 22 heavy (non-hydrogen) atoms. The van der Waals surface area contributed by atoms with E-state index in [4.69, 9.17) is 14.0 Å². The summed E-state index contributed by atoms with van der Waals surface area (Å²) in [5, 5.41) is 0. The van der Waals surface area contributed by atoms with Crippen LogP contribution in [0.3, 0.4) is 0 Å². The number of carbonyl (C=O) groups is 1. The monoisotopic (exact) mass is 306 g/mol. The Morgan fingerprint density at radius 2 is 1.82 bits per heavy atom. The molecule has 0 aromatic carbocycles. The molecule has 1 fully saturated rings. The molecule has 1 aliphatic carbocycles. The van der Waals surface area contributed by atoms with Crippen molar-refractivity contribution in [2.45, 2.75) is 71.9 Å². The summed E-state index contributed by atoms with van der Waals surface area (Å²) in [6, 6.07) is 0. The molecule has 0 spiro atoms. The lowest BCUT2D eigenvalue weighted by atomic mass is 9.74. The molecule has 0 aromatic heterocycles. The van der Waals surface area contributed by atoms with Crippen molar-refractivity contribution in [1.29, 1.82) is 0 Å². The topological polar surface area (TPSA) is 44.8 Å². The van der Waals surface area contributed by atoms with Gasteiger partial charge in [-0.25, -0.2) is 0 Å². The van der Waals surface area contributed by atoms with Crippen molar-refractivity contribution in [3.05, 3.63) is 23.5 Å². The molecule has 1 unspecified atom stereocenters. The Morgan fingerprint density at radius 1 is 1.23 bits per heavy atom. The van der Waals surface area contributed by atoms with Crippen molar-refractivity contribution in [3.63, 3.8) is 0 Å². The van der Waals surface area contributed by atoms with Gasteiger partial charge < -0.3 is 14.0 Å². The quantitative estimate of drug-likeness (QED) is 0.584. The van der Waals surface area contributed by atoms with Crippen molar-refractivity contribution in [3.8, 4) is 0 Å². The van der Waals surface area contributed by atoms with E-state index in [1.54, 1.807) is 0 Å². The molecule has 5 heteroatoms. The molecule has 1 heterocycles. The zero-order valence-corrected chi connectivity index (χ0v) is 14.6. The Bertz CT molecular complexity index is 489. The van der Waals surface area contributed by atoms with Gasteiger partial charge in [-0.1, -0.05) is 18.6 Å². The molecule has 2 aliphatic rings. The summed E-state index contributed by atoms with van der Waals surface area (Å²) in [4.78, 5) is 11.0. The predicted molar refractivity (Wildman–Crippen MR) is 87.2 cm³/mol. The molecule has 0 bridgehead atoms. The number of esters is 1. The van der Waals surface area contributed by atoms with Gasteiger partial charge in [0.05, 0.1) is 11.2 Å². The van der Waals surface area contributed by atoms with Gasteiger partial charge in [0.2, 0.25) is 0 Å². The van der Waals surface area contributed by atoms with Crippen LogP contribution in [0.25, 0.3) is 0 Å². The van der Waals surface area contributed by atoms with E-state index in [0.29, 0.717) is 5.92 Å². The van der Waals surface area contributed by atoms with Crippen LogP contribution in [-0.4, -0.2) is 24.3 Å². The first-order valence-corrected chi connectivity index (χ1v) is 8.04. The van der Waals surface area contributed by atoms with E-state index in [1.165, 1.54) is 12.5 Å². The highest BCUT2D eigenvalue weighted by molar-refractivity contribution is 6.45. The summed E-state index contributed by atoms with van der Waals surface area (Å²) in [6.07, 6.45) is 6.51. The number of carbonyl (C=O) groups excluding carboxylic acids is 1. The summed E-state index contributed by atoms with van der Waals surface area (Å²) in [5.74, 6) is 0.872. The van der Waals surface area contributed by atoms with Crippen LogP contribution in [0.1, 0.15) is 54.4 Å². The summed E-state index contributed by atoms with van der Waals surface area (Å²) in [7, 11) is -0.167. The van der Waals surface area contributed by atoms with Gasteiger partial charge in [0.25, 0.3) is 0 Å². The molecule has 122 valence electrons. The maximum absolute atomic E-state index is 11.0. The Hall–Kier alpha value is -1.07. The first kappa shape index (κ1) is 17.3. The van der Waals surface area contributed by atoms with E-state index in [9.17, 15) is 4.79 Å². The molecule has 1 aliphatic heterocycles. The number of allylic oxidation sites excluding steroid dienone is 4. The van der Waals surface area contributed by atoms with Crippen LogP contribution in [0, 0.1) is 5.92 Å². The molecule has 4 nitrogen and oxygen atoms in total. The van der Waals surface area contributed by atoms with Crippen LogP contribution < -0.4 is 0 Å². The van der Waals surface area contributed by atoms with E-state index < -0.39 is 0 Å². The first-order chi connectivity index (χ1) is 10.1. The summed E-state index contributed by atoms with van der Waals surface area (Å²) >= 11 is 0. The van der Waals surface area contributed by atoms with Crippen LogP contribution in [0.4, 0.5) is 0 Å². The maximum atomic E-state index is 11.0. The van der Waals surface area contributed by atoms with Crippen LogP contribution in [0.5, 0.6) is 0 Å². The normalized spacial score (nSPS) is 24.5. The number of hydrogen-bond acceptors (Lipinski definition) is 4. The van der Waals surface area contributed by atoms with Crippen LogP contribution in [0.15, 0.2) is 23.5 Å². The summed E-state index contributed by atoms with van der Waals surface area (Å²) in [5.41, 5.74) is 0.798. The molecule has 1 saturated heterocycles. The van der Waals surface area contributed by atoms with Crippen LogP contribution in [0.2, 0.25) is 6.32 Å². The highest BCUT2D eigenvalue weighted by Crippen LogP contribution is 2.39. The third-order valence-electron chi connectivity index (χ3n) is 4.90. The maximum Gasteiger partial charge on any atom is 0.458 e. The minimum atomic E-state index is -0.277. The number of ether oxygens (including phenoxy) is 1. The van der Waals surface area contributed by atoms with E-state index in [-0.39, 0.29) is 24.3 Å². The van der Waals surface area contributed by atoms with Gasteiger partial charge in [0.1, 0.15) is 5.76 Å². The van der Waals surface area contributed by atoms with Gasteiger partial charge in [0.15, 0.2) is 0 Å². The van der Waals surface area contributed by atoms with Crippen LogP contribution >= 0.6 is 0 Å². The third-order valence-corrected chi connectivity index (χ3v) is 4.90. The van der Waals surface area contributed by atoms with Crippen molar-refractivity contribution in [1.82, 2.24) is 0 Å². The van der Waals surface area contributed by atoms with Crippen LogP contribution in [-0.2, 0) is 18.8 Å². The second-order valence-corrected chi connectivity index (χ2v) is 7.29. The lowest BCUT2D eigenvalue weighted by Gasteiger charge is -2.32. The molecule has 0 N–H and O–H groups in total. The number of hydrogen-bond donors (Lipinski definition) is 0. The smallest absolute Gasteiger partial charge is 0.431 e. The minimum Gasteiger partial charge on any atom is -0.431 e. The fraction of sp³-hybridized carbons (Fsp3) is 0.706. The average Bonchev–Trinajstić information content (AvgIpc) is 2.57. The third kappa shape index (κ3) is 3.82. The Labute approximate surface area is 134 Å². The average molecular weight is 306 g/mol. The molecule has 0 radical (unpaired) electrons. The fourth-order valence-electron chi connectivity index (χ4n) is 2.82. The van der Waals surface area contributed by atoms with Crippen molar-refractivity contribution in [2.75, 3.05) is 0 Å². The molecular formula is C17H27BO4. The lowest BCUT2D eigenvalue weighted by molar-refractivity contribution is -0.137. The largest absolute Gasteiger partial charge is 0.458 e. The second kappa shape index (κ2) is 6.21.